The molecule has 3 atom stereocenters. The molecule has 3 unspecified atom stereocenters. The molecule has 0 aromatic heterocycles. The highest BCUT2D eigenvalue weighted by Crippen LogP contribution is 2.22. The first-order chi connectivity index (χ1) is 7.63. The highest BCUT2D eigenvalue weighted by Gasteiger charge is 2.40. The summed E-state index contributed by atoms with van der Waals surface area (Å²) in [5, 5.41) is 2.94. The summed E-state index contributed by atoms with van der Waals surface area (Å²) < 4.78 is 5.50. The predicted octanol–water partition coefficient (Wildman–Crippen LogP) is 0.543. The number of ether oxygens (including phenoxy) is 1. The number of nitrogens with zero attached hydrogens (tertiary/aromatic N) is 1. The van der Waals surface area contributed by atoms with Crippen LogP contribution in [-0.2, 0) is 4.74 Å². The number of hydrogen-bond donors (Lipinski definition) is 2. The number of carbonyl (C=O) groups excluding carboxylic acids is 1. The van der Waals surface area contributed by atoms with Crippen LogP contribution in [0.1, 0.15) is 27.2 Å². The van der Waals surface area contributed by atoms with Gasteiger partial charge in [-0.25, -0.2) is 4.79 Å². The molecule has 0 radical (unpaired) electrons. The van der Waals surface area contributed by atoms with Crippen molar-refractivity contribution < 1.29 is 9.53 Å². The van der Waals surface area contributed by atoms with Gasteiger partial charge in [0.2, 0.25) is 0 Å². The molecule has 0 bridgehead atoms. The first kappa shape index (κ1) is 13.3. The zero-order valence-corrected chi connectivity index (χ0v) is 10.4. The Labute approximate surface area is 97.3 Å². The summed E-state index contributed by atoms with van der Waals surface area (Å²) in [6.07, 6.45) is 0.913. The molecule has 0 heterocycles. The average molecular weight is 229 g/mol. The second-order valence-corrected chi connectivity index (χ2v) is 4.04. The van der Waals surface area contributed by atoms with E-state index in [-0.39, 0.29) is 24.2 Å². The third-order valence-electron chi connectivity index (χ3n) is 3.09. The first-order valence-corrected chi connectivity index (χ1v) is 6.06. The Hall–Kier alpha value is -0.810. The Bertz CT molecular complexity index is 229. The van der Waals surface area contributed by atoms with Gasteiger partial charge in [0.25, 0.3) is 0 Å². The van der Waals surface area contributed by atoms with Crippen molar-refractivity contribution >= 4 is 6.03 Å². The number of nitrogens with one attached hydrogen (secondary N) is 1. The Morgan fingerprint density at radius 2 is 2.06 bits per heavy atom. The number of amides is 2. The maximum atomic E-state index is 11.8. The Morgan fingerprint density at radius 3 is 2.50 bits per heavy atom. The Morgan fingerprint density at radius 1 is 1.44 bits per heavy atom. The minimum atomic E-state index is -0.0464. The quantitative estimate of drug-likeness (QED) is 0.723. The predicted molar refractivity (Wildman–Crippen MR) is 63.2 cm³/mol. The lowest BCUT2D eigenvalue weighted by Gasteiger charge is -2.43. The third-order valence-corrected chi connectivity index (χ3v) is 3.09. The molecule has 5 nitrogen and oxygen atoms in total. The molecule has 1 aliphatic carbocycles. The monoisotopic (exact) mass is 229 g/mol. The number of rotatable bonds is 5. The molecule has 3 N–H and O–H groups in total. The van der Waals surface area contributed by atoms with E-state index in [0.717, 1.165) is 6.42 Å². The molecule has 0 aromatic rings. The van der Waals surface area contributed by atoms with Crippen molar-refractivity contribution in [1.82, 2.24) is 10.2 Å². The summed E-state index contributed by atoms with van der Waals surface area (Å²) in [4.78, 5) is 13.6. The minimum absolute atomic E-state index is 0.0241. The summed E-state index contributed by atoms with van der Waals surface area (Å²) in [5.74, 6) is 0. The van der Waals surface area contributed by atoms with Gasteiger partial charge in [0, 0.05) is 25.7 Å². The summed E-state index contributed by atoms with van der Waals surface area (Å²) in [5.41, 5.74) is 5.86. The van der Waals surface area contributed by atoms with E-state index in [1.807, 2.05) is 20.8 Å². The van der Waals surface area contributed by atoms with Crippen LogP contribution in [0.2, 0.25) is 0 Å². The largest absolute Gasteiger partial charge is 0.376 e. The van der Waals surface area contributed by atoms with E-state index in [1.165, 1.54) is 0 Å². The van der Waals surface area contributed by atoms with E-state index < -0.39 is 0 Å². The van der Waals surface area contributed by atoms with Gasteiger partial charge in [0.05, 0.1) is 12.1 Å². The van der Waals surface area contributed by atoms with E-state index in [1.54, 1.807) is 4.90 Å². The van der Waals surface area contributed by atoms with Gasteiger partial charge in [-0.2, -0.15) is 0 Å². The van der Waals surface area contributed by atoms with Gasteiger partial charge in [-0.15, -0.1) is 0 Å². The van der Waals surface area contributed by atoms with Crippen molar-refractivity contribution in [2.75, 3.05) is 19.7 Å². The van der Waals surface area contributed by atoms with Crippen molar-refractivity contribution in [2.45, 2.75) is 45.4 Å². The molecule has 1 aliphatic rings. The number of urea groups is 1. The first-order valence-electron chi connectivity index (χ1n) is 6.06. The molecule has 94 valence electrons. The van der Waals surface area contributed by atoms with Crippen LogP contribution in [0.5, 0.6) is 0 Å². The van der Waals surface area contributed by atoms with Crippen LogP contribution in [0.3, 0.4) is 0 Å². The van der Waals surface area contributed by atoms with Crippen LogP contribution in [0.4, 0.5) is 4.79 Å². The summed E-state index contributed by atoms with van der Waals surface area (Å²) in [6.45, 7) is 7.96. The summed E-state index contributed by atoms with van der Waals surface area (Å²) in [7, 11) is 0. The van der Waals surface area contributed by atoms with Crippen LogP contribution >= 0.6 is 0 Å². The molecule has 5 heteroatoms. The number of carbonyl (C=O) groups is 1. The van der Waals surface area contributed by atoms with E-state index >= 15 is 0 Å². The van der Waals surface area contributed by atoms with Gasteiger partial charge in [-0.3, -0.25) is 0 Å². The van der Waals surface area contributed by atoms with Gasteiger partial charge < -0.3 is 20.7 Å². The van der Waals surface area contributed by atoms with Crippen molar-refractivity contribution in [2.24, 2.45) is 5.73 Å². The van der Waals surface area contributed by atoms with Crippen molar-refractivity contribution in [1.29, 1.82) is 0 Å². The molecule has 1 rings (SSSR count). The molecule has 1 saturated carbocycles. The fraction of sp³-hybridized carbons (Fsp3) is 0.909. The molecule has 0 aliphatic heterocycles. The molecule has 0 spiro atoms. The highest BCUT2D eigenvalue weighted by atomic mass is 16.5. The Kier molecular flexibility index (Phi) is 5.02. The number of nitrogens with two attached hydrogens (primary N) is 1. The normalized spacial score (nSPS) is 28.4. The zero-order chi connectivity index (χ0) is 12.1. The van der Waals surface area contributed by atoms with Gasteiger partial charge in [0.15, 0.2) is 0 Å². The molecule has 0 saturated heterocycles. The van der Waals surface area contributed by atoms with Gasteiger partial charge in [-0.05, 0) is 27.2 Å². The van der Waals surface area contributed by atoms with Crippen LogP contribution in [0, 0.1) is 0 Å². The standard InChI is InChI=1S/C11H23N3O2/c1-4-14(5-2)11(15)13-10-8(12)7-9(10)16-6-3/h8-10H,4-7,12H2,1-3H3,(H,13,15). The fourth-order valence-electron chi connectivity index (χ4n) is 1.97. The molecule has 0 aromatic carbocycles. The average Bonchev–Trinajstić information content (AvgIpc) is 2.27. The van der Waals surface area contributed by atoms with Crippen LogP contribution < -0.4 is 11.1 Å². The summed E-state index contributed by atoms with van der Waals surface area (Å²) in [6, 6.07) is -0.0565. The lowest BCUT2D eigenvalue weighted by molar-refractivity contribution is -0.0294. The molecular weight excluding hydrogens is 206 g/mol. The second-order valence-electron chi connectivity index (χ2n) is 4.04. The van der Waals surface area contributed by atoms with E-state index in [9.17, 15) is 4.79 Å². The fourth-order valence-corrected chi connectivity index (χ4v) is 1.97. The van der Waals surface area contributed by atoms with Crippen LogP contribution in [0.25, 0.3) is 0 Å². The lowest BCUT2D eigenvalue weighted by atomic mass is 9.83. The molecular formula is C11H23N3O2. The van der Waals surface area contributed by atoms with E-state index in [0.29, 0.717) is 19.7 Å². The zero-order valence-electron chi connectivity index (χ0n) is 10.4. The third kappa shape index (κ3) is 2.86. The minimum Gasteiger partial charge on any atom is -0.376 e. The number of hydrogen-bond acceptors (Lipinski definition) is 3. The summed E-state index contributed by atoms with van der Waals surface area (Å²) >= 11 is 0. The highest BCUT2D eigenvalue weighted by molar-refractivity contribution is 5.74. The van der Waals surface area contributed by atoms with Crippen LogP contribution in [-0.4, -0.2) is 48.8 Å². The second kappa shape index (κ2) is 6.06. The van der Waals surface area contributed by atoms with Crippen LogP contribution in [0.15, 0.2) is 0 Å². The Balaban J connectivity index is 2.42. The molecule has 16 heavy (non-hydrogen) atoms. The van der Waals surface area contributed by atoms with Crippen molar-refractivity contribution in [3.63, 3.8) is 0 Å². The van der Waals surface area contributed by atoms with E-state index in [2.05, 4.69) is 5.32 Å². The SMILES string of the molecule is CCOC1CC(N)C1NC(=O)N(CC)CC. The van der Waals surface area contributed by atoms with E-state index in [4.69, 9.17) is 10.5 Å². The van der Waals surface area contributed by atoms with Gasteiger partial charge >= 0.3 is 6.03 Å². The molecule has 2 amide bonds. The van der Waals surface area contributed by atoms with Gasteiger partial charge in [0.1, 0.15) is 0 Å². The smallest absolute Gasteiger partial charge is 0.317 e. The van der Waals surface area contributed by atoms with Gasteiger partial charge in [-0.1, -0.05) is 0 Å². The van der Waals surface area contributed by atoms with Crippen molar-refractivity contribution in [3.8, 4) is 0 Å². The topological polar surface area (TPSA) is 67.6 Å². The molecule has 1 fully saturated rings. The maximum absolute atomic E-state index is 11.8. The lowest BCUT2D eigenvalue weighted by Crippen LogP contribution is -2.66. The maximum Gasteiger partial charge on any atom is 0.317 e. The van der Waals surface area contributed by atoms with Crippen molar-refractivity contribution in [3.05, 3.63) is 0 Å².